The third-order valence-electron chi connectivity index (χ3n) is 3.22. The molecule has 22 heavy (non-hydrogen) atoms. The van der Waals surface area contributed by atoms with Crippen LogP contribution in [0, 0.1) is 11.8 Å². The highest BCUT2D eigenvalue weighted by Crippen LogP contribution is 2.20. The van der Waals surface area contributed by atoms with Crippen LogP contribution in [0.3, 0.4) is 0 Å². The molecule has 0 saturated heterocycles. The number of thioether (sulfide) groups is 1. The molecule has 1 heterocycles. The number of nitrogens with zero attached hydrogens (tertiary/aromatic N) is 2. The van der Waals surface area contributed by atoms with E-state index in [1.165, 1.54) is 11.8 Å². The van der Waals surface area contributed by atoms with Gasteiger partial charge in [0, 0.05) is 13.1 Å². The van der Waals surface area contributed by atoms with Crippen molar-refractivity contribution >= 4 is 28.7 Å². The average Bonchev–Trinajstić information content (AvgIpc) is 2.85. The van der Waals surface area contributed by atoms with Gasteiger partial charge in [0.05, 0.1) is 16.8 Å². The van der Waals surface area contributed by atoms with E-state index < -0.39 is 0 Å². The van der Waals surface area contributed by atoms with Crippen LogP contribution >= 0.6 is 11.8 Å². The summed E-state index contributed by atoms with van der Waals surface area (Å²) < 4.78 is 0. The molecule has 5 heteroatoms. The number of H-pyrrole nitrogens is 1. The number of carbonyl (C=O) groups is 1. The fraction of sp³-hybridized carbons (Fsp3) is 0.529. The van der Waals surface area contributed by atoms with E-state index >= 15 is 0 Å². The van der Waals surface area contributed by atoms with Crippen molar-refractivity contribution in [2.24, 2.45) is 11.8 Å². The van der Waals surface area contributed by atoms with Gasteiger partial charge in [0.15, 0.2) is 5.16 Å². The summed E-state index contributed by atoms with van der Waals surface area (Å²) in [5, 5.41) is 0.809. The molecule has 1 N–H and O–H groups in total. The van der Waals surface area contributed by atoms with Gasteiger partial charge in [-0.15, -0.1) is 0 Å². The molecule has 2 aromatic rings. The quantitative estimate of drug-likeness (QED) is 0.790. The van der Waals surface area contributed by atoms with E-state index in [-0.39, 0.29) is 5.91 Å². The first-order chi connectivity index (χ1) is 10.5. The van der Waals surface area contributed by atoms with Gasteiger partial charge >= 0.3 is 0 Å². The summed E-state index contributed by atoms with van der Waals surface area (Å²) in [6.07, 6.45) is 0. The summed E-state index contributed by atoms with van der Waals surface area (Å²) in [6, 6.07) is 7.92. The van der Waals surface area contributed by atoms with Gasteiger partial charge in [0.2, 0.25) is 5.91 Å². The van der Waals surface area contributed by atoms with Crippen LogP contribution in [-0.2, 0) is 4.79 Å². The van der Waals surface area contributed by atoms with E-state index in [4.69, 9.17) is 0 Å². The van der Waals surface area contributed by atoms with E-state index in [2.05, 4.69) is 37.7 Å². The lowest BCUT2D eigenvalue weighted by molar-refractivity contribution is -0.129. The molecule has 1 aromatic carbocycles. The maximum absolute atomic E-state index is 12.5. The van der Waals surface area contributed by atoms with Gasteiger partial charge in [-0.05, 0) is 24.0 Å². The first-order valence-electron chi connectivity index (χ1n) is 7.81. The second-order valence-electron chi connectivity index (χ2n) is 6.43. The molecule has 0 atom stereocenters. The topological polar surface area (TPSA) is 49.0 Å². The summed E-state index contributed by atoms with van der Waals surface area (Å²) >= 11 is 1.48. The van der Waals surface area contributed by atoms with Crippen molar-refractivity contribution in [3.05, 3.63) is 24.3 Å². The SMILES string of the molecule is CC(C)CN(CC(C)C)C(=O)CSc1nc2ccccc2[nH]1. The Balaban J connectivity index is 1.97. The van der Waals surface area contributed by atoms with Crippen LogP contribution in [0.5, 0.6) is 0 Å². The lowest BCUT2D eigenvalue weighted by Crippen LogP contribution is -2.38. The Labute approximate surface area is 136 Å². The molecular formula is C17H25N3OS. The third kappa shape index (κ3) is 4.77. The van der Waals surface area contributed by atoms with Crippen molar-refractivity contribution in [1.82, 2.24) is 14.9 Å². The zero-order valence-corrected chi connectivity index (χ0v) is 14.6. The van der Waals surface area contributed by atoms with E-state index in [0.29, 0.717) is 17.6 Å². The second kappa shape index (κ2) is 7.68. The number of fused-ring (bicyclic) bond motifs is 1. The molecule has 0 bridgehead atoms. The predicted octanol–water partition coefficient (Wildman–Crippen LogP) is 3.80. The summed E-state index contributed by atoms with van der Waals surface area (Å²) in [4.78, 5) is 22.2. The first kappa shape index (κ1) is 16.9. The monoisotopic (exact) mass is 319 g/mol. The minimum absolute atomic E-state index is 0.188. The molecule has 0 saturated carbocycles. The summed E-state index contributed by atoms with van der Waals surface area (Å²) in [5.41, 5.74) is 1.96. The van der Waals surface area contributed by atoms with E-state index in [9.17, 15) is 4.79 Å². The van der Waals surface area contributed by atoms with Gasteiger partial charge in [-0.1, -0.05) is 51.6 Å². The molecule has 0 spiro atoms. The number of hydrogen-bond acceptors (Lipinski definition) is 3. The van der Waals surface area contributed by atoms with Crippen molar-refractivity contribution in [2.45, 2.75) is 32.9 Å². The highest BCUT2D eigenvalue weighted by atomic mass is 32.2. The van der Waals surface area contributed by atoms with E-state index in [1.807, 2.05) is 29.2 Å². The van der Waals surface area contributed by atoms with Crippen LogP contribution in [-0.4, -0.2) is 39.6 Å². The lowest BCUT2D eigenvalue weighted by Gasteiger charge is -2.26. The van der Waals surface area contributed by atoms with Gasteiger partial charge in [0.1, 0.15) is 0 Å². The molecule has 0 unspecified atom stereocenters. The van der Waals surface area contributed by atoms with Crippen LogP contribution in [0.4, 0.5) is 0 Å². The molecule has 120 valence electrons. The zero-order chi connectivity index (χ0) is 16.1. The maximum Gasteiger partial charge on any atom is 0.233 e. The van der Waals surface area contributed by atoms with Crippen LogP contribution < -0.4 is 0 Å². The van der Waals surface area contributed by atoms with Crippen molar-refractivity contribution in [1.29, 1.82) is 0 Å². The number of aromatic amines is 1. The van der Waals surface area contributed by atoms with Crippen molar-refractivity contribution < 1.29 is 4.79 Å². The molecule has 0 aliphatic carbocycles. The molecule has 1 aromatic heterocycles. The largest absolute Gasteiger partial charge is 0.341 e. The minimum atomic E-state index is 0.188. The average molecular weight is 319 g/mol. The number of para-hydroxylation sites is 2. The standard InChI is InChI=1S/C17H25N3OS/c1-12(2)9-20(10-13(3)4)16(21)11-22-17-18-14-7-5-6-8-15(14)19-17/h5-8,12-13H,9-11H2,1-4H3,(H,18,19). The third-order valence-corrected chi connectivity index (χ3v) is 4.08. The van der Waals surface area contributed by atoms with Gasteiger partial charge in [0.25, 0.3) is 0 Å². The molecule has 0 aliphatic heterocycles. The van der Waals surface area contributed by atoms with Crippen molar-refractivity contribution in [3.8, 4) is 0 Å². The maximum atomic E-state index is 12.5. The minimum Gasteiger partial charge on any atom is -0.341 e. The zero-order valence-electron chi connectivity index (χ0n) is 13.8. The number of benzene rings is 1. The summed E-state index contributed by atoms with van der Waals surface area (Å²) in [5.74, 6) is 1.59. The van der Waals surface area contributed by atoms with Gasteiger partial charge in [-0.3, -0.25) is 4.79 Å². The Morgan fingerprint density at radius 2 is 1.82 bits per heavy atom. The highest BCUT2D eigenvalue weighted by molar-refractivity contribution is 7.99. The number of hydrogen-bond donors (Lipinski definition) is 1. The Kier molecular flexibility index (Phi) is 5.89. The molecule has 2 rings (SSSR count). The Morgan fingerprint density at radius 1 is 1.18 bits per heavy atom. The van der Waals surface area contributed by atoms with Crippen LogP contribution in [0.1, 0.15) is 27.7 Å². The molecule has 4 nitrogen and oxygen atoms in total. The van der Waals surface area contributed by atoms with Gasteiger partial charge in [-0.25, -0.2) is 4.98 Å². The number of amides is 1. The van der Waals surface area contributed by atoms with E-state index in [0.717, 1.165) is 29.3 Å². The first-order valence-corrected chi connectivity index (χ1v) is 8.79. The number of nitrogens with one attached hydrogen (secondary N) is 1. The van der Waals surface area contributed by atoms with Gasteiger partial charge < -0.3 is 9.88 Å². The van der Waals surface area contributed by atoms with Gasteiger partial charge in [-0.2, -0.15) is 0 Å². The van der Waals surface area contributed by atoms with Crippen LogP contribution in [0.15, 0.2) is 29.4 Å². The molecular weight excluding hydrogens is 294 g/mol. The molecule has 0 aliphatic rings. The Morgan fingerprint density at radius 3 is 2.41 bits per heavy atom. The number of carbonyl (C=O) groups excluding carboxylic acids is 1. The lowest BCUT2D eigenvalue weighted by atomic mass is 10.1. The predicted molar refractivity (Wildman–Crippen MR) is 93.1 cm³/mol. The Bertz CT molecular complexity index is 578. The number of aromatic nitrogens is 2. The molecule has 0 fully saturated rings. The second-order valence-corrected chi connectivity index (χ2v) is 7.40. The summed E-state index contributed by atoms with van der Waals surface area (Å²) in [6.45, 7) is 10.2. The fourth-order valence-electron chi connectivity index (χ4n) is 2.38. The molecule has 0 radical (unpaired) electrons. The summed E-state index contributed by atoms with van der Waals surface area (Å²) in [7, 11) is 0. The van der Waals surface area contributed by atoms with Crippen LogP contribution in [0.25, 0.3) is 11.0 Å². The van der Waals surface area contributed by atoms with Crippen molar-refractivity contribution in [2.75, 3.05) is 18.8 Å². The molecule has 1 amide bonds. The number of rotatable bonds is 7. The smallest absolute Gasteiger partial charge is 0.233 e. The van der Waals surface area contributed by atoms with Crippen molar-refractivity contribution in [3.63, 3.8) is 0 Å². The fourth-order valence-corrected chi connectivity index (χ4v) is 3.17. The highest BCUT2D eigenvalue weighted by Gasteiger charge is 2.17. The van der Waals surface area contributed by atoms with Crippen LogP contribution in [0.2, 0.25) is 0 Å². The normalized spacial score (nSPS) is 11.5. The Hall–Kier alpha value is -1.49. The number of imidazole rings is 1. The van der Waals surface area contributed by atoms with E-state index in [1.54, 1.807) is 0 Å².